The van der Waals surface area contributed by atoms with E-state index in [4.69, 9.17) is 0 Å². The lowest BCUT2D eigenvalue weighted by molar-refractivity contribution is 0.0932. The van der Waals surface area contributed by atoms with Gasteiger partial charge in [0.2, 0.25) is 0 Å². The smallest absolute Gasteiger partial charge is 0.172 e. The van der Waals surface area contributed by atoms with Crippen LogP contribution in [0.5, 0.6) is 5.75 Å². The van der Waals surface area contributed by atoms with Crippen LogP contribution in [-0.2, 0) is 0 Å². The van der Waals surface area contributed by atoms with E-state index >= 15 is 0 Å². The van der Waals surface area contributed by atoms with E-state index in [1.54, 1.807) is 13.8 Å². The predicted molar refractivity (Wildman–Crippen MR) is 47.2 cm³/mol. The second-order valence-corrected chi connectivity index (χ2v) is 3.15. The monoisotopic (exact) mass is 182 g/mol. The van der Waals surface area contributed by atoms with Crippen LogP contribution >= 0.6 is 0 Å². The number of benzene rings is 1. The SMILES string of the molecule is CC(C)C(=O)c1c(O)cccc1F. The third-order valence-corrected chi connectivity index (χ3v) is 1.76. The minimum atomic E-state index is -0.668. The van der Waals surface area contributed by atoms with E-state index in [0.717, 1.165) is 6.07 Å². The first-order valence-corrected chi connectivity index (χ1v) is 4.05. The number of phenols is 1. The highest BCUT2D eigenvalue weighted by Crippen LogP contribution is 2.22. The van der Waals surface area contributed by atoms with E-state index < -0.39 is 5.82 Å². The molecule has 0 spiro atoms. The highest BCUT2D eigenvalue weighted by molar-refractivity contribution is 5.99. The molecule has 0 aliphatic rings. The second kappa shape index (κ2) is 3.56. The summed E-state index contributed by atoms with van der Waals surface area (Å²) in [5.74, 6) is -1.66. The summed E-state index contributed by atoms with van der Waals surface area (Å²) in [6.45, 7) is 3.32. The normalized spacial score (nSPS) is 10.5. The summed E-state index contributed by atoms with van der Waals surface area (Å²) in [6, 6.07) is 3.83. The first-order valence-electron chi connectivity index (χ1n) is 4.05. The van der Waals surface area contributed by atoms with Gasteiger partial charge in [0.1, 0.15) is 11.6 Å². The fourth-order valence-electron chi connectivity index (χ4n) is 1.05. The van der Waals surface area contributed by atoms with Crippen molar-refractivity contribution in [2.75, 3.05) is 0 Å². The highest BCUT2D eigenvalue weighted by atomic mass is 19.1. The van der Waals surface area contributed by atoms with E-state index in [9.17, 15) is 14.3 Å². The van der Waals surface area contributed by atoms with Crippen LogP contribution in [0.2, 0.25) is 0 Å². The van der Waals surface area contributed by atoms with Crippen molar-refractivity contribution >= 4 is 5.78 Å². The Bertz CT molecular complexity index is 311. The summed E-state index contributed by atoms with van der Waals surface area (Å²) >= 11 is 0. The number of hydrogen-bond donors (Lipinski definition) is 1. The molecule has 1 N–H and O–H groups in total. The van der Waals surface area contributed by atoms with Gasteiger partial charge in [-0.25, -0.2) is 4.39 Å². The average Bonchev–Trinajstić information content (AvgIpc) is 2.03. The predicted octanol–water partition coefficient (Wildman–Crippen LogP) is 2.37. The van der Waals surface area contributed by atoms with Crippen LogP contribution in [0.15, 0.2) is 18.2 Å². The molecule has 0 aliphatic carbocycles. The van der Waals surface area contributed by atoms with Crippen molar-refractivity contribution in [1.29, 1.82) is 0 Å². The molecule has 3 heteroatoms. The first-order chi connectivity index (χ1) is 6.04. The van der Waals surface area contributed by atoms with Crippen molar-refractivity contribution in [3.63, 3.8) is 0 Å². The van der Waals surface area contributed by atoms with Crippen LogP contribution in [0.4, 0.5) is 4.39 Å². The van der Waals surface area contributed by atoms with Gasteiger partial charge in [0, 0.05) is 5.92 Å². The van der Waals surface area contributed by atoms with Gasteiger partial charge < -0.3 is 5.11 Å². The summed E-state index contributed by atoms with van der Waals surface area (Å²) in [6.07, 6.45) is 0. The summed E-state index contributed by atoms with van der Waals surface area (Å²) in [4.78, 5) is 11.4. The van der Waals surface area contributed by atoms with Crippen LogP contribution < -0.4 is 0 Å². The fraction of sp³-hybridized carbons (Fsp3) is 0.300. The Morgan fingerprint density at radius 2 is 2.08 bits per heavy atom. The summed E-state index contributed by atoms with van der Waals surface area (Å²) < 4.78 is 13.1. The zero-order valence-electron chi connectivity index (χ0n) is 7.54. The minimum Gasteiger partial charge on any atom is -0.507 e. The molecule has 1 aromatic carbocycles. The minimum absolute atomic E-state index is 0.211. The molecule has 1 aromatic rings. The largest absolute Gasteiger partial charge is 0.507 e. The van der Waals surface area contributed by atoms with E-state index in [0.29, 0.717) is 0 Å². The molecule has 1 rings (SSSR count). The molecule has 0 bridgehead atoms. The van der Waals surface area contributed by atoms with Gasteiger partial charge in [-0.2, -0.15) is 0 Å². The van der Waals surface area contributed by atoms with Gasteiger partial charge in [-0.15, -0.1) is 0 Å². The number of rotatable bonds is 2. The van der Waals surface area contributed by atoms with Gasteiger partial charge in [0.25, 0.3) is 0 Å². The second-order valence-electron chi connectivity index (χ2n) is 3.15. The maximum absolute atomic E-state index is 13.1. The summed E-state index contributed by atoms with van der Waals surface area (Å²) in [5, 5.41) is 9.25. The van der Waals surface area contributed by atoms with Crippen LogP contribution in [0.25, 0.3) is 0 Å². The zero-order valence-corrected chi connectivity index (χ0v) is 7.54. The van der Waals surface area contributed by atoms with Gasteiger partial charge in [0.05, 0.1) is 5.56 Å². The topological polar surface area (TPSA) is 37.3 Å². The number of ketones is 1. The van der Waals surface area contributed by atoms with Crippen LogP contribution in [0.3, 0.4) is 0 Å². The van der Waals surface area contributed by atoms with Crippen molar-refractivity contribution in [3.05, 3.63) is 29.6 Å². The van der Waals surface area contributed by atoms with E-state index in [2.05, 4.69) is 0 Å². The number of phenolic OH excluding ortho intramolecular Hbond substituents is 1. The van der Waals surface area contributed by atoms with Crippen LogP contribution in [0.1, 0.15) is 24.2 Å². The molecule has 0 unspecified atom stereocenters. The Balaban J connectivity index is 3.20. The Morgan fingerprint density at radius 3 is 2.54 bits per heavy atom. The zero-order chi connectivity index (χ0) is 10.0. The molecule has 0 saturated carbocycles. The van der Waals surface area contributed by atoms with Crippen LogP contribution in [-0.4, -0.2) is 10.9 Å². The van der Waals surface area contributed by atoms with Crippen molar-refractivity contribution in [1.82, 2.24) is 0 Å². The maximum Gasteiger partial charge on any atom is 0.172 e. The van der Waals surface area contributed by atoms with Gasteiger partial charge in [0.15, 0.2) is 5.78 Å². The van der Waals surface area contributed by atoms with Gasteiger partial charge in [-0.05, 0) is 12.1 Å². The molecule has 0 saturated heterocycles. The van der Waals surface area contributed by atoms with Gasteiger partial charge >= 0.3 is 0 Å². The molecule has 13 heavy (non-hydrogen) atoms. The Kier molecular flexibility index (Phi) is 2.66. The quantitative estimate of drug-likeness (QED) is 0.713. The fourth-order valence-corrected chi connectivity index (χ4v) is 1.05. The lowest BCUT2D eigenvalue weighted by atomic mass is 10.00. The van der Waals surface area contributed by atoms with Crippen molar-refractivity contribution in [3.8, 4) is 5.75 Å². The molecular weight excluding hydrogens is 171 g/mol. The summed E-state index contributed by atoms with van der Waals surface area (Å²) in [5.41, 5.74) is -0.211. The molecule has 0 heterocycles. The highest BCUT2D eigenvalue weighted by Gasteiger charge is 2.18. The average molecular weight is 182 g/mol. The van der Waals surface area contributed by atoms with E-state index in [1.165, 1.54) is 12.1 Å². The van der Waals surface area contributed by atoms with E-state index in [-0.39, 0.29) is 23.0 Å². The van der Waals surface area contributed by atoms with Gasteiger partial charge in [-0.1, -0.05) is 19.9 Å². The molecule has 0 radical (unpaired) electrons. The molecule has 70 valence electrons. The van der Waals surface area contributed by atoms with Crippen molar-refractivity contribution in [2.45, 2.75) is 13.8 Å². The lowest BCUT2D eigenvalue weighted by Gasteiger charge is -2.06. The number of carbonyl (C=O) groups excluding carboxylic acids is 1. The number of halogens is 1. The molecule has 0 aromatic heterocycles. The van der Waals surface area contributed by atoms with Crippen LogP contribution in [0, 0.1) is 11.7 Å². The summed E-state index contributed by atoms with van der Waals surface area (Å²) in [7, 11) is 0. The van der Waals surface area contributed by atoms with Crippen molar-refractivity contribution < 1.29 is 14.3 Å². The Morgan fingerprint density at radius 1 is 1.46 bits per heavy atom. The third kappa shape index (κ3) is 1.86. The number of hydrogen-bond acceptors (Lipinski definition) is 2. The molecular formula is C10H11FO2. The van der Waals surface area contributed by atoms with Gasteiger partial charge in [-0.3, -0.25) is 4.79 Å². The number of Topliss-reactive ketones (excluding diaryl/α,β-unsaturated/α-hetero) is 1. The number of carbonyl (C=O) groups is 1. The standard InChI is InChI=1S/C10H11FO2/c1-6(2)10(13)9-7(11)4-3-5-8(9)12/h3-6,12H,1-2H3. The molecule has 0 fully saturated rings. The maximum atomic E-state index is 13.1. The molecule has 0 atom stereocenters. The van der Waals surface area contributed by atoms with E-state index in [1.807, 2.05) is 0 Å². The lowest BCUT2D eigenvalue weighted by Crippen LogP contribution is -2.09. The van der Waals surface area contributed by atoms with Crippen molar-refractivity contribution in [2.24, 2.45) is 5.92 Å². The Hall–Kier alpha value is -1.38. The first kappa shape index (κ1) is 9.71. The molecule has 0 aliphatic heterocycles. The molecule has 0 amide bonds. The number of aromatic hydroxyl groups is 1. The Labute approximate surface area is 76.0 Å². The third-order valence-electron chi connectivity index (χ3n) is 1.76. The molecule has 2 nitrogen and oxygen atoms in total.